The molecule has 1 amide bonds. The normalized spacial score (nSPS) is 11.5. The predicted octanol–water partition coefficient (Wildman–Crippen LogP) is 4.40. The van der Waals surface area contributed by atoms with Crippen LogP contribution in [0.25, 0.3) is 11.3 Å². The van der Waals surface area contributed by atoms with Crippen molar-refractivity contribution in [2.75, 3.05) is 5.75 Å². The van der Waals surface area contributed by atoms with Gasteiger partial charge in [-0.3, -0.25) is 4.79 Å². The molecule has 30 heavy (non-hydrogen) atoms. The van der Waals surface area contributed by atoms with Gasteiger partial charge in [-0.1, -0.05) is 47.1 Å². The van der Waals surface area contributed by atoms with Crippen LogP contribution in [0.15, 0.2) is 51.9 Å². The van der Waals surface area contributed by atoms with E-state index in [1.807, 2.05) is 19.9 Å². The van der Waals surface area contributed by atoms with Gasteiger partial charge in [0.25, 0.3) is 0 Å². The quantitative estimate of drug-likeness (QED) is 0.581. The summed E-state index contributed by atoms with van der Waals surface area (Å²) in [5.74, 6) is -0.101. The van der Waals surface area contributed by atoms with Gasteiger partial charge in [0.15, 0.2) is 15.6 Å². The highest BCUT2D eigenvalue weighted by Gasteiger charge is 2.21. The van der Waals surface area contributed by atoms with E-state index in [-0.39, 0.29) is 29.5 Å². The van der Waals surface area contributed by atoms with E-state index in [2.05, 4.69) is 10.5 Å². The van der Waals surface area contributed by atoms with E-state index in [0.717, 1.165) is 16.8 Å². The molecular weight excluding hydrogens is 424 g/mol. The molecule has 0 aliphatic carbocycles. The Morgan fingerprint density at radius 1 is 1.13 bits per heavy atom. The summed E-state index contributed by atoms with van der Waals surface area (Å²) in [5.41, 5.74) is 3.65. The van der Waals surface area contributed by atoms with Crippen molar-refractivity contribution in [1.82, 2.24) is 10.5 Å². The lowest BCUT2D eigenvalue weighted by Gasteiger charge is -2.10. The Balaban J connectivity index is 1.71. The second-order valence-electron chi connectivity index (χ2n) is 7.14. The maximum Gasteiger partial charge on any atom is 0.221 e. The molecule has 0 aliphatic heterocycles. The number of hydrogen-bond acceptors (Lipinski definition) is 5. The van der Waals surface area contributed by atoms with Gasteiger partial charge >= 0.3 is 0 Å². The molecule has 0 saturated carbocycles. The molecule has 3 rings (SSSR count). The Morgan fingerprint density at radius 2 is 1.87 bits per heavy atom. The number of hydrogen-bond donors (Lipinski definition) is 1. The van der Waals surface area contributed by atoms with E-state index in [9.17, 15) is 13.2 Å². The molecule has 0 saturated heterocycles. The number of sulfone groups is 1. The van der Waals surface area contributed by atoms with Gasteiger partial charge in [0.2, 0.25) is 5.91 Å². The summed E-state index contributed by atoms with van der Waals surface area (Å²) >= 11 is 6.07. The smallest absolute Gasteiger partial charge is 0.221 e. The van der Waals surface area contributed by atoms with Crippen molar-refractivity contribution < 1.29 is 17.7 Å². The van der Waals surface area contributed by atoms with Crippen molar-refractivity contribution in [3.05, 3.63) is 69.9 Å². The number of nitrogens with one attached hydrogen (secondary N) is 1. The van der Waals surface area contributed by atoms with Gasteiger partial charge in [0.05, 0.1) is 16.3 Å². The second kappa shape index (κ2) is 9.02. The van der Waals surface area contributed by atoms with Gasteiger partial charge in [-0.05, 0) is 44.0 Å². The number of rotatable bonds is 7. The summed E-state index contributed by atoms with van der Waals surface area (Å²) in [6.07, 6.45) is -0.142. The number of halogens is 1. The molecule has 3 aromatic rings. The summed E-state index contributed by atoms with van der Waals surface area (Å²) < 4.78 is 31.2. The van der Waals surface area contributed by atoms with Crippen LogP contribution in [-0.4, -0.2) is 25.2 Å². The number of amides is 1. The molecule has 0 aliphatic rings. The average Bonchev–Trinajstić information content (AvgIpc) is 3.05. The third kappa shape index (κ3) is 4.91. The zero-order valence-corrected chi connectivity index (χ0v) is 18.6. The lowest BCUT2D eigenvalue weighted by molar-refractivity contribution is -0.120. The number of benzene rings is 2. The molecule has 6 nitrogen and oxygen atoms in total. The summed E-state index contributed by atoms with van der Waals surface area (Å²) in [6.45, 7) is 5.68. The monoisotopic (exact) mass is 446 g/mol. The Kier molecular flexibility index (Phi) is 6.63. The van der Waals surface area contributed by atoms with Gasteiger partial charge in [-0.15, -0.1) is 0 Å². The number of aryl methyl sites for hydroxylation is 2. The van der Waals surface area contributed by atoms with Crippen LogP contribution in [0, 0.1) is 20.8 Å². The predicted molar refractivity (Wildman–Crippen MR) is 116 cm³/mol. The van der Waals surface area contributed by atoms with Crippen molar-refractivity contribution in [3.8, 4) is 11.3 Å². The molecule has 1 heterocycles. The molecular formula is C22H23ClN2O4S. The minimum absolute atomic E-state index is 0.142. The zero-order valence-electron chi connectivity index (χ0n) is 17.0. The van der Waals surface area contributed by atoms with Crippen molar-refractivity contribution in [1.29, 1.82) is 0 Å². The molecule has 0 fully saturated rings. The van der Waals surface area contributed by atoms with Gasteiger partial charge in [0, 0.05) is 29.1 Å². The van der Waals surface area contributed by atoms with Crippen LogP contribution in [-0.2, 0) is 21.2 Å². The first-order valence-corrected chi connectivity index (χ1v) is 11.5. The first-order valence-electron chi connectivity index (χ1n) is 9.46. The van der Waals surface area contributed by atoms with E-state index in [4.69, 9.17) is 16.1 Å². The number of aromatic nitrogens is 1. The zero-order chi connectivity index (χ0) is 21.9. The summed E-state index contributed by atoms with van der Waals surface area (Å²) in [5, 5.41) is 7.20. The van der Waals surface area contributed by atoms with Crippen molar-refractivity contribution in [3.63, 3.8) is 0 Å². The lowest BCUT2D eigenvalue weighted by Crippen LogP contribution is -2.25. The summed E-state index contributed by atoms with van der Waals surface area (Å²) in [6, 6.07) is 12.3. The fourth-order valence-electron chi connectivity index (χ4n) is 3.02. The molecule has 0 unspecified atom stereocenters. The Morgan fingerprint density at radius 3 is 2.53 bits per heavy atom. The number of nitrogens with zero attached hydrogens (tertiary/aromatic N) is 1. The first-order chi connectivity index (χ1) is 14.2. The maximum absolute atomic E-state index is 12.9. The molecule has 1 aromatic heterocycles. The minimum atomic E-state index is -3.66. The Bertz CT molecular complexity index is 1190. The van der Waals surface area contributed by atoms with Crippen LogP contribution in [0.1, 0.15) is 28.8 Å². The average molecular weight is 447 g/mol. The third-order valence-corrected chi connectivity index (χ3v) is 7.19. The molecule has 0 spiro atoms. The molecule has 158 valence electrons. The SMILES string of the molecule is Cc1ccc(-c2onc(C)c2C)cc1S(=O)(=O)CCC(=O)NCc1ccccc1Cl. The number of carbonyl (C=O) groups excluding carboxylic acids is 1. The van der Waals surface area contributed by atoms with Crippen LogP contribution < -0.4 is 5.32 Å². The highest BCUT2D eigenvalue weighted by atomic mass is 35.5. The van der Waals surface area contributed by atoms with E-state index in [1.54, 1.807) is 43.3 Å². The van der Waals surface area contributed by atoms with Crippen LogP contribution in [0.3, 0.4) is 0 Å². The van der Waals surface area contributed by atoms with Gasteiger partial charge < -0.3 is 9.84 Å². The van der Waals surface area contributed by atoms with Gasteiger partial charge in [0.1, 0.15) is 0 Å². The van der Waals surface area contributed by atoms with Gasteiger partial charge in [-0.25, -0.2) is 8.42 Å². The van der Waals surface area contributed by atoms with Crippen molar-refractivity contribution >= 4 is 27.3 Å². The van der Waals surface area contributed by atoms with Crippen LogP contribution >= 0.6 is 11.6 Å². The van der Waals surface area contributed by atoms with Crippen molar-refractivity contribution in [2.45, 2.75) is 38.6 Å². The highest BCUT2D eigenvalue weighted by Crippen LogP contribution is 2.29. The molecule has 2 aromatic carbocycles. The summed E-state index contributed by atoms with van der Waals surface area (Å²) in [4.78, 5) is 12.4. The standard InChI is InChI=1S/C22H23ClN2O4S/c1-14-8-9-17(22-15(2)16(3)25-29-22)12-20(14)30(27,28)11-10-21(26)24-13-18-6-4-5-7-19(18)23/h4-9,12H,10-11,13H2,1-3H3,(H,24,26). The molecule has 8 heteroatoms. The fraction of sp³-hybridized carbons (Fsp3) is 0.273. The maximum atomic E-state index is 12.9. The van der Waals surface area contributed by atoms with E-state index in [0.29, 0.717) is 21.9 Å². The minimum Gasteiger partial charge on any atom is -0.356 e. The van der Waals surface area contributed by atoms with E-state index in [1.165, 1.54) is 0 Å². The number of carbonyl (C=O) groups is 1. The topological polar surface area (TPSA) is 89.3 Å². The highest BCUT2D eigenvalue weighted by molar-refractivity contribution is 7.91. The summed E-state index contributed by atoms with van der Waals surface area (Å²) in [7, 11) is -3.66. The third-order valence-electron chi connectivity index (χ3n) is 4.97. The molecule has 1 N–H and O–H groups in total. The van der Waals surface area contributed by atoms with Crippen LogP contribution in [0.5, 0.6) is 0 Å². The van der Waals surface area contributed by atoms with Crippen LogP contribution in [0.2, 0.25) is 5.02 Å². The van der Waals surface area contributed by atoms with E-state index >= 15 is 0 Å². The van der Waals surface area contributed by atoms with Crippen LogP contribution in [0.4, 0.5) is 0 Å². The Labute approximate surface area is 181 Å². The fourth-order valence-corrected chi connectivity index (χ4v) is 4.76. The largest absolute Gasteiger partial charge is 0.356 e. The first kappa shape index (κ1) is 22.1. The van der Waals surface area contributed by atoms with Gasteiger partial charge in [-0.2, -0.15) is 0 Å². The molecule has 0 bridgehead atoms. The van der Waals surface area contributed by atoms with Crippen molar-refractivity contribution in [2.24, 2.45) is 0 Å². The van der Waals surface area contributed by atoms with E-state index < -0.39 is 9.84 Å². The second-order valence-corrected chi connectivity index (χ2v) is 9.62. The molecule has 0 radical (unpaired) electrons. The Hall–Kier alpha value is -2.64. The lowest BCUT2D eigenvalue weighted by atomic mass is 10.1. The molecule has 0 atom stereocenters.